The minimum absolute atomic E-state index is 0.0803. The third-order valence-corrected chi connectivity index (χ3v) is 6.46. The highest BCUT2D eigenvalue weighted by Gasteiger charge is 2.25. The Morgan fingerprint density at radius 3 is 2.94 bits per heavy atom. The number of aromatic nitrogens is 2. The number of aryl methyl sites for hydroxylation is 1. The van der Waals surface area contributed by atoms with E-state index < -0.39 is 0 Å². The third-order valence-electron chi connectivity index (χ3n) is 5.64. The minimum Gasteiger partial charge on any atom is -0.379 e. The summed E-state index contributed by atoms with van der Waals surface area (Å²) in [5.74, 6) is 0.280. The summed E-state index contributed by atoms with van der Waals surface area (Å²) in [6.45, 7) is 10.0. The number of likely N-dealkylation sites (tertiary alicyclic amines) is 1. The van der Waals surface area contributed by atoms with Crippen molar-refractivity contribution in [2.75, 3.05) is 50.0 Å². The number of morpholine rings is 1. The number of piperidine rings is 1. The van der Waals surface area contributed by atoms with E-state index >= 15 is 4.39 Å². The molecule has 2 aromatic heterocycles. The fraction of sp³-hybridized carbons (Fsp3) is 0.500. The Kier molecular flexibility index (Phi) is 7.33. The Hall–Kier alpha value is -2.56. The fourth-order valence-electron chi connectivity index (χ4n) is 4.00. The number of pyridine rings is 1. The number of nitrogens with one attached hydrogen (secondary N) is 2. The lowest BCUT2D eigenvalue weighted by Gasteiger charge is -2.33. The number of rotatable bonds is 7. The maximum Gasteiger partial charge on any atom is 0.246 e. The van der Waals surface area contributed by atoms with Gasteiger partial charge in [0, 0.05) is 55.4 Å². The van der Waals surface area contributed by atoms with Gasteiger partial charge in [0.15, 0.2) is 16.8 Å². The van der Waals surface area contributed by atoms with E-state index in [1.54, 1.807) is 17.2 Å². The van der Waals surface area contributed by atoms with Crippen molar-refractivity contribution in [1.29, 1.82) is 0 Å². The number of hydrogen-bond donors (Lipinski definition) is 2. The number of nitrogens with zero attached hydrogens (tertiary/aromatic N) is 4. The molecule has 4 heterocycles. The molecule has 0 saturated carbocycles. The summed E-state index contributed by atoms with van der Waals surface area (Å²) in [6, 6.07) is 1.67. The molecule has 2 fully saturated rings. The number of anilines is 3. The molecule has 32 heavy (non-hydrogen) atoms. The van der Waals surface area contributed by atoms with Gasteiger partial charge >= 0.3 is 0 Å². The van der Waals surface area contributed by atoms with Crippen LogP contribution in [0.1, 0.15) is 23.3 Å². The first-order valence-electron chi connectivity index (χ1n) is 10.9. The van der Waals surface area contributed by atoms with Gasteiger partial charge in [-0.25, -0.2) is 14.4 Å². The highest BCUT2D eigenvalue weighted by Crippen LogP contribution is 2.27. The summed E-state index contributed by atoms with van der Waals surface area (Å²) in [4.78, 5) is 25.9. The van der Waals surface area contributed by atoms with E-state index in [-0.39, 0.29) is 23.6 Å². The van der Waals surface area contributed by atoms with Crippen LogP contribution in [0.5, 0.6) is 0 Å². The van der Waals surface area contributed by atoms with Crippen LogP contribution < -0.4 is 10.6 Å². The third kappa shape index (κ3) is 5.62. The predicted octanol–water partition coefficient (Wildman–Crippen LogP) is 3.15. The molecule has 2 aromatic rings. The molecule has 1 unspecified atom stereocenters. The second kappa shape index (κ2) is 10.4. The molecule has 4 rings (SSSR count). The number of ether oxygens (including phenoxy) is 1. The van der Waals surface area contributed by atoms with E-state index in [1.165, 1.54) is 17.4 Å². The van der Waals surface area contributed by atoms with Gasteiger partial charge in [-0.1, -0.05) is 6.58 Å². The van der Waals surface area contributed by atoms with Crippen molar-refractivity contribution in [2.24, 2.45) is 0 Å². The Morgan fingerprint density at radius 2 is 2.22 bits per heavy atom. The van der Waals surface area contributed by atoms with Gasteiger partial charge < -0.3 is 20.3 Å². The molecular weight excluding hydrogens is 431 g/mol. The summed E-state index contributed by atoms with van der Waals surface area (Å²) in [5.41, 5.74) is 0.565. The van der Waals surface area contributed by atoms with Crippen molar-refractivity contribution in [3.05, 3.63) is 41.2 Å². The van der Waals surface area contributed by atoms with E-state index in [4.69, 9.17) is 4.74 Å². The molecule has 2 aliphatic heterocycles. The molecule has 2 saturated heterocycles. The molecule has 2 N–H and O–H groups in total. The van der Waals surface area contributed by atoms with Crippen LogP contribution in [0, 0.1) is 12.7 Å². The zero-order chi connectivity index (χ0) is 22.5. The topological polar surface area (TPSA) is 82.6 Å². The lowest BCUT2D eigenvalue weighted by atomic mass is 10.1. The summed E-state index contributed by atoms with van der Waals surface area (Å²) in [7, 11) is 0. The van der Waals surface area contributed by atoms with Crippen LogP contribution in [-0.2, 0) is 16.1 Å². The van der Waals surface area contributed by atoms with E-state index in [1.807, 2.05) is 6.92 Å². The smallest absolute Gasteiger partial charge is 0.246 e. The zero-order valence-electron chi connectivity index (χ0n) is 18.3. The molecule has 1 atom stereocenters. The highest BCUT2D eigenvalue weighted by molar-refractivity contribution is 7.15. The molecule has 0 spiro atoms. The van der Waals surface area contributed by atoms with E-state index in [9.17, 15) is 4.79 Å². The summed E-state index contributed by atoms with van der Waals surface area (Å²) < 4.78 is 20.9. The van der Waals surface area contributed by atoms with E-state index in [0.29, 0.717) is 49.4 Å². The van der Waals surface area contributed by atoms with Crippen molar-refractivity contribution in [3.8, 4) is 0 Å². The number of thiazole rings is 1. The van der Waals surface area contributed by atoms with Gasteiger partial charge in [0.25, 0.3) is 0 Å². The first kappa shape index (κ1) is 22.6. The van der Waals surface area contributed by atoms with Gasteiger partial charge in [-0.05, 0) is 31.9 Å². The lowest BCUT2D eigenvalue weighted by molar-refractivity contribution is -0.127. The minimum atomic E-state index is -0.357. The van der Waals surface area contributed by atoms with Gasteiger partial charge in [-0.2, -0.15) is 0 Å². The molecule has 2 aliphatic rings. The second-order valence-corrected chi connectivity index (χ2v) is 9.33. The first-order chi connectivity index (χ1) is 15.5. The van der Waals surface area contributed by atoms with Gasteiger partial charge in [-0.15, -0.1) is 11.3 Å². The molecule has 8 nitrogen and oxygen atoms in total. The van der Waals surface area contributed by atoms with Crippen LogP contribution in [-0.4, -0.2) is 71.1 Å². The number of amides is 1. The second-order valence-electron chi connectivity index (χ2n) is 8.09. The van der Waals surface area contributed by atoms with Crippen molar-refractivity contribution in [1.82, 2.24) is 19.8 Å². The predicted molar refractivity (Wildman–Crippen MR) is 124 cm³/mol. The van der Waals surface area contributed by atoms with Gasteiger partial charge in [0.1, 0.15) is 5.82 Å². The quantitative estimate of drug-likeness (QED) is 0.614. The van der Waals surface area contributed by atoms with Gasteiger partial charge in [0.2, 0.25) is 5.91 Å². The van der Waals surface area contributed by atoms with E-state index in [2.05, 4.69) is 32.1 Å². The van der Waals surface area contributed by atoms with Crippen LogP contribution in [0.15, 0.2) is 24.9 Å². The van der Waals surface area contributed by atoms with Crippen molar-refractivity contribution in [3.63, 3.8) is 0 Å². The lowest BCUT2D eigenvalue weighted by Crippen LogP contribution is -2.44. The van der Waals surface area contributed by atoms with Crippen LogP contribution in [0.2, 0.25) is 0 Å². The Labute approximate surface area is 191 Å². The number of carbonyl (C=O) groups excluding carboxylic acids is 1. The molecular formula is C22H29FN6O2S. The number of carbonyl (C=O) groups is 1. The molecule has 0 aromatic carbocycles. The summed E-state index contributed by atoms with van der Waals surface area (Å²) >= 11 is 1.52. The summed E-state index contributed by atoms with van der Waals surface area (Å²) in [6.07, 6.45) is 4.79. The maximum absolute atomic E-state index is 15.5. The monoisotopic (exact) mass is 460 g/mol. The Balaban J connectivity index is 1.57. The Morgan fingerprint density at radius 1 is 1.41 bits per heavy atom. The standard InChI is InChI=1S/C22H29FN6O2S/c1-3-19(30)29-6-4-5-17(14-29)25-21-20(23)16(13-28-7-9-31-10-8-28)11-18(26-21)27-22-24-12-15(2)32-22/h3,11-12,17H,1,4-10,13-14H2,2H3,(H2,24,25,26,27). The average molecular weight is 461 g/mol. The van der Waals surface area contributed by atoms with Crippen molar-refractivity contribution in [2.45, 2.75) is 32.4 Å². The van der Waals surface area contributed by atoms with Crippen LogP contribution >= 0.6 is 11.3 Å². The van der Waals surface area contributed by atoms with Gasteiger partial charge in [-0.3, -0.25) is 9.69 Å². The molecule has 10 heteroatoms. The number of hydrogen-bond acceptors (Lipinski definition) is 8. The van der Waals surface area contributed by atoms with E-state index in [0.717, 1.165) is 30.8 Å². The van der Waals surface area contributed by atoms with Gasteiger partial charge in [0.05, 0.1) is 13.2 Å². The zero-order valence-corrected chi connectivity index (χ0v) is 19.1. The SMILES string of the molecule is C=CC(=O)N1CCCC(Nc2nc(Nc3ncc(C)s3)cc(CN3CCOCC3)c2F)C1. The highest BCUT2D eigenvalue weighted by atomic mass is 32.1. The normalized spacial score (nSPS) is 19.6. The summed E-state index contributed by atoms with van der Waals surface area (Å²) in [5, 5.41) is 7.18. The van der Waals surface area contributed by atoms with Crippen molar-refractivity contribution >= 4 is 34.0 Å². The van der Waals surface area contributed by atoms with Crippen LogP contribution in [0.4, 0.5) is 21.2 Å². The number of halogens is 1. The fourth-order valence-corrected chi connectivity index (χ4v) is 4.67. The first-order valence-corrected chi connectivity index (χ1v) is 11.7. The molecule has 172 valence electrons. The molecule has 0 radical (unpaired) electrons. The van der Waals surface area contributed by atoms with Crippen molar-refractivity contribution < 1.29 is 13.9 Å². The largest absolute Gasteiger partial charge is 0.379 e. The Bertz CT molecular complexity index is 962. The molecule has 0 aliphatic carbocycles. The molecule has 1 amide bonds. The van der Waals surface area contributed by atoms with Crippen LogP contribution in [0.3, 0.4) is 0 Å². The van der Waals surface area contributed by atoms with Crippen LogP contribution in [0.25, 0.3) is 0 Å². The molecule has 0 bridgehead atoms. The maximum atomic E-state index is 15.5. The average Bonchev–Trinajstić information content (AvgIpc) is 3.21.